The van der Waals surface area contributed by atoms with Crippen LogP contribution in [-0.4, -0.2) is 42.4 Å². The molecule has 1 aliphatic rings. The summed E-state index contributed by atoms with van der Waals surface area (Å²) in [5.74, 6) is 0. The van der Waals surface area contributed by atoms with E-state index < -0.39 is 10.5 Å². The Morgan fingerprint density at radius 2 is 2.15 bits per heavy atom. The van der Waals surface area contributed by atoms with E-state index in [0.717, 1.165) is 0 Å². The van der Waals surface area contributed by atoms with Crippen molar-refractivity contribution in [2.75, 3.05) is 31.7 Å². The fourth-order valence-corrected chi connectivity index (χ4v) is 2.67. The van der Waals surface area contributed by atoms with E-state index in [-0.39, 0.29) is 10.7 Å². The summed E-state index contributed by atoms with van der Waals surface area (Å²) in [5, 5.41) is 21.7. The van der Waals surface area contributed by atoms with Crippen LogP contribution in [0.25, 0.3) is 0 Å². The molecule has 1 fully saturated rings. The number of rotatable bonds is 4. The Bertz CT molecular complexity index is 503. The van der Waals surface area contributed by atoms with Crippen molar-refractivity contribution in [2.24, 2.45) is 0 Å². The molecule has 110 valence electrons. The average molecular weight is 301 g/mol. The lowest BCUT2D eigenvalue weighted by molar-refractivity contribution is -0.384. The van der Waals surface area contributed by atoms with Crippen LogP contribution < -0.4 is 4.90 Å². The summed E-state index contributed by atoms with van der Waals surface area (Å²) < 4.78 is 5.23. The van der Waals surface area contributed by atoms with Crippen molar-refractivity contribution in [3.05, 3.63) is 33.3 Å². The number of benzene rings is 1. The van der Waals surface area contributed by atoms with Crippen LogP contribution in [0.5, 0.6) is 0 Å². The molecule has 1 aromatic carbocycles. The number of nitro groups is 1. The molecule has 0 amide bonds. The van der Waals surface area contributed by atoms with E-state index in [4.69, 9.17) is 16.3 Å². The SMILES string of the molecule is CN(CC1(O)CCOCC1)c1cccc(Cl)c1[N+](=O)[O-]. The topological polar surface area (TPSA) is 75.8 Å². The van der Waals surface area contributed by atoms with Gasteiger partial charge in [0.25, 0.3) is 0 Å². The van der Waals surface area contributed by atoms with Crippen molar-refractivity contribution in [1.82, 2.24) is 0 Å². The van der Waals surface area contributed by atoms with E-state index in [9.17, 15) is 15.2 Å². The number of hydrogen-bond donors (Lipinski definition) is 1. The molecule has 20 heavy (non-hydrogen) atoms. The number of halogens is 1. The molecule has 0 bridgehead atoms. The van der Waals surface area contributed by atoms with Crippen LogP contribution in [0.15, 0.2) is 18.2 Å². The summed E-state index contributed by atoms with van der Waals surface area (Å²) in [6.45, 7) is 1.31. The van der Waals surface area contributed by atoms with E-state index >= 15 is 0 Å². The van der Waals surface area contributed by atoms with Crippen molar-refractivity contribution in [3.8, 4) is 0 Å². The fourth-order valence-electron chi connectivity index (χ4n) is 2.43. The quantitative estimate of drug-likeness (QED) is 0.681. The van der Waals surface area contributed by atoms with E-state index in [2.05, 4.69) is 0 Å². The Kier molecular flexibility index (Phi) is 4.47. The number of hydrogen-bond acceptors (Lipinski definition) is 5. The highest BCUT2D eigenvalue weighted by Gasteiger charge is 2.33. The minimum Gasteiger partial charge on any atom is -0.388 e. The van der Waals surface area contributed by atoms with Crippen LogP contribution in [0, 0.1) is 10.1 Å². The molecule has 0 radical (unpaired) electrons. The molecule has 1 saturated heterocycles. The number of aliphatic hydroxyl groups is 1. The van der Waals surface area contributed by atoms with Crippen LogP contribution in [0.2, 0.25) is 5.02 Å². The van der Waals surface area contributed by atoms with Gasteiger partial charge >= 0.3 is 5.69 Å². The summed E-state index contributed by atoms with van der Waals surface area (Å²) in [4.78, 5) is 12.3. The smallest absolute Gasteiger partial charge is 0.310 e. The van der Waals surface area contributed by atoms with E-state index in [1.165, 1.54) is 6.07 Å². The van der Waals surface area contributed by atoms with Crippen molar-refractivity contribution in [3.63, 3.8) is 0 Å². The first-order valence-corrected chi connectivity index (χ1v) is 6.75. The number of ether oxygens (including phenoxy) is 1. The highest BCUT2D eigenvalue weighted by atomic mass is 35.5. The molecule has 0 spiro atoms. The molecular formula is C13H17ClN2O4. The van der Waals surface area contributed by atoms with Gasteiger partial charge in [-0.3, -0.25) is 10.1 Å². The van der Waals surface area contributed by atoms with Crippen LogP contribution in [0.1, 0.15) is 12.8 Å². The molecular weight excluding hydrogens is 284 g/mol. The lowest BCUT2D eigenvalue weighted by Gasteiger charge is -2.36. The van der Waals surface area contributed by atoms with Crippen LogP contribution >= 0.6 is 11.6 Å². The Labute approximate surface area is 122 Å². The summed E-state index contributed by atoms with van der Waals surface area (Å²) in [6, 6.07) is 4.78. The second kappa shape index (κ2) is 5.95. The highest BCUT2D eigenvalue weighted by Crippen LogP contribution is 2.35. The predicted molar refractivity (Wildman–Crippen MR) is 76.4 cm³/mol. The van der Waals surface area contributed by atoms with Gasteiger partial charge in [-0.15, -0.1) is 0 Å². The third-order valence-corrected chi connectivity index (χ3v) is 3.82. The van der Waals surface area contributed by atoms with Crippen molar-refractivity contribution < 1.29 is 14.8 Å². The summed E-state index contributed by atoms with van der Waals surface area (Å²) >= 11 is 5.90. The first kappa shape index (κ1) is 15.0. The van der Waals surface area contributed by atoms with E-state index in [0.29, 0.717) is 38.3 Å². The maximum absolute atomic E-state index is 11.1. The Morgan fingerprint density at radius 1 is 1.50 bits per heavy atom. The largest absolute Gasteiger partial charge is 0.388 e. The molecule has 7 heteroatoms. The van der Waals surface area contributed by atoms with Gasteiger partial charge in [-0.1, -0.05) is 17.7 Å². The molecule has 1 heterocycles. The molecule has 1 aromatic rings. The predicted octanol–water partition coefficient (Wildman–Crippen LogP) is 2.23. The van der Waals surface area contributed by atoms with Gasteiger partial charge in [0.1, 0.15) is 10.7 Å². The van der Waals surface area contributed by atoms with Crippen molar-refractivity contribution in [2.45, 2.75) is 18.4 Å². The molecule has 0 saturated carbocycles. The van der Waals surface area contributed by atoms with Crippen LogP contribution in [0.4, 0.5) is 11.4 Å². The van der Waals surface area contributed by atoms with Gasteiger partial charge in [0.05, 0.1) is 10.5 Å². The lowest BCUT2D eigenvalue weighted by Crippen LogP contribution is -2.45. The number of likely N-dealkylation sites (N-methyl/N-ethyl adjacent to an activating group) is 1. The maximum atomic E-state index is 11.1. The number of nitro benzene ring substituents is 1. The zero-order valence-corrected chi connectivity index (χ0v) is 12.0. The average Bonchev–Trinajstić information content (AvgIpc) is 2.38. The van der Waals surface area contributed by atoms with Crippen molar-refractivity contribution >= 4 is 23.0 Å². The van der Waals surface area contributed by atoms with Gasteiger partial charge in [0.15, 0.2) is 0 Å². The Balaban J connectivity index is 2.23. The molecule has 1 aliphatic heterocycles. The number of anilines is 1. The van der Waals surface area contributed by atoms with Gasteiger partial charge in [-0.25, -0.2) is 0 Å². The molecule has 2 rings (SSSR count). The second-order valence-electron chi connectivity index (χ2n) is 5.06. The minimum absolute atomic E-state index is 0.0957. The normalized spacial score (nSPS) is 17.8. The lowest BCUT2D eigenvalue weighted by atomic mass is 9.93. The van der Waals surface area contributed by atoms with Crippen LogP contribution in [-0.2, 0) is 4.74 Å². The molecule has 0 unspecified atom stereocenters. The molecule has 0 aliphatic carbocycles. The fraction of sp³-hybridized carbons (Fsp3) is 0.538. The van der Waals surface area contributed by atoms with Gasteiger partial charge in [0.2, 0.25) is 0 Å². The summed E-state index contributed by atoms with van der Waals surface area (Å²) in [5.41, 5.74) is -0.613. The van der Waals surface area contributed by atoms with Gasteiger partial charge in [-0.05, 0) is 12.1 Å². The molecule has 6 nitrogen and oxygen atoms in total. The third-order valence-electron chi connectivity index (χ3n) is 3.51. The zero-order valence-electron chi connectivity index (χ0n) is 11.2. The van der Waals surface area contributed by atoms with E-state index in [1.807, 2.05) is 0 Å². The first-order chi connectivity index (χ1) is 9.43. The van der Waals surface area contributed by atoms with Crippen LogP contribution in [0.3, 0.4) is 0 Å². The van der Waals surface area contributed by atoms with Crippen molar-refractivity contribution in [1.29, 1.82) is 0 Å². The molecule has 0 aromatic heterocycles. The summed E-state index contributed by atoms with van der Waals surface area (Å²) in [7, 11) is 1.71. The standard InChI is InChI=1S/C13H17ClN2O4/c1-15(9-13(17)5-7-20-8-6-13)11-4-2-3-10(14)12(11)16(18)19/h2-4,17H,5-9H2,1H3. The summed E-state index contributed by atoms with van der Waals surface area (Å²) in [6.07, 6.45) is 1.04. The Morgan fingerprint density at radius 3 is 2.75 bits per heavy atom. The molecule has 0 atom stereocenters. The minimum atomic E-state index is -0.886. The molecule has 1 N–H and O–H groups in total. The first-order valence-electron chi connectivity index (χ1n) is 6.37. The zero-order chi connectivity index (χ0) is 14.8. The number of para-hydroxylation sites is 1. The monoisotopic (exact) mass is 300 g/mol. The van der Waals surface area contributed by atoms with Gasteiger partial charge in [0, 0.05) is 39.6 Å². The van der Waals surface area contributed by atoms with E-state index in [1.54, 1.807) is 24.1 Å². The maximum Gasteiger partial charge on any atom is 0.310 e. The second-order valence-corrected chi connectivity index (χ2v) is 5.46. The highest BCUT2D eigenvalue weighted by molar-refractivity contribution is 6.33. The number of nitrogens with zero attached hydrogens (tertiary/aromatic N) is 2. The Hall–Kier alpha value is -1.37. The van der Waals surface area contributed by atoms with Gasteiger partial charge < -0.3 is 14.7 Å². The third kappa shape index (κ3) is 3.20. The van der Waals surface area contributed by atoms with Gasteiger partial charge in [-0.2, -0.15) is 0 Å².